The molecule has 1 N–H and O–H groups in total. The number of methoxy groups -OCH3 is 1. The summed E-state index contributed by atoms with van der Waals surface area (Å²) in [6.45, 7) is 0.893. The number of rotatable bonds is 5. The lowest BCUT2D eigenvalue weighted by Gasteiger charge is -2.23. The lowest BCUT2D eigenvalue weighted by atomic mass is 9.76. The van der Waals surface area contributed by atoms with Crippen LogP contribution in [-0.2, 0) is 20.9 Å². The van der Waals surface area contributed by atoms with Crippen molar-refractivity contribution in [3.05, 3.63) is 66.5 Å². The number of benzene rings is 1. The highest BCUT2D eigenvalue weighted by atomic mass is 16.5. The number of nitrogens with one attached hydrogen (secondary N) is 1. The Kier molecular flexibility index (Phi) is 4.13. The quantitative estimate of drug-likeness (QED) is 0.789. The summed E-state index contributed by atoms with van der Waals surface area (Å²) in [4.78, 5) is 32.3. The number of anilines is 1. The van der Waals surface area contributed by atoms with Gasteiger partial charge in [-0.2, -0.15) is 0 Å². The fourth-order valence-corrected chi connectivity index (χ4v) is 4.69. The maximum atomic E-state index is 13.3. The molecule has 2 fully saturated rings. The lowest BCUT2D eigenvalue weighted by molar-refractivity contribution is -0.136. The van der Waals surface area contributed by atoms with Crippen LogP contribution in [0.2, 0.25) is 0 Å². The molecule has 0 radical (unpaired) electrons. The van der Waals surface area contributed by atoms with E-state index in [4.69, 9.17) is 9.47 Å². The zero-order valence-corrected chi connectivity index (χ0v) is 15.9. The van der Waals surface area contributed by atoms with Gasteiger partial charge in [0.15, 0.2) is 0 Å². The number of amides is 2. The molecule has 0 saturated carbocycles. The molecular formula is C22H21N3O4. The molecule has 2 amide bonds. The molecule has 4 atom stereocenters. The first-order valence-electron chi connectivity index (χ1n) is 9.60. The SMILES string of the molecule is COc1ccccc1NC(=O)[C@@H]1C2C=CC3(CN(Cc4cccnc4)C(=O)[C@H]13)O2. The van der Waals surface area contributed by atoms with Crippen LogP contribution in [0.1, 0.15) is 5.56 Å². The van der Waals surface area contributed by atoms with E-state index >= 15 is 0 Å². The van der Waals surface area contributed by atoms with E-state index in [1.54, 1.807) is 36.5 Å². The van der Waals surface area contributed by atoms with Crippen LogP contribution in [0.4, 0.5) is 5.69 Å². The van der Waals surface area contributed by atoms with Crippen LogP contribution >= 0.6 is 0 Å². The van der Waals surface area contributed by atoms with Gasteiger partial charge < -0.3 is 19.7 Å². The highest BCUT2D eigenvalue weighted by Gasteiger charge is 2.66. The number of hydrogen-bond donors (Lipinski definition) is 1. The van der Waals surface area contributed by atoms with E-state index in [0.29, 0.717) is 24.5 Å². The van der Waals surface area contributed by atoms with Crippen molar-refractivity contribution in [2.24, 2.45) is 11.8 Å². The number of carbonyl (C=O) groups is 2. The number of ether oxygens (including phenoxy) is 2. The molecular weight excluding hydrogens is 370 g/mol. The summed E-state index contributed by atoms with van der Waals surface area (Å²) in [5.41, 5.74) is 0.802. The Morgan fingerprint density at radius 1 is 1.34 bits per heavy atom. The first-order chi connectivity index (χ1) is 14.1. The van der Waals surface area contributed by atoms with Gasteiger partial charge in [0.05, 0.1) is 37.3 Å². The minimum Gasteiger partial charge on any atom is -0.495 e. The molecule has 148 valence electrons. The van der Waals surface area contributed by atoms with Gasteiger partial charge in [0.1, 0.15) is 11.4 Å². The molecule has 2 saturated heterocycles. The van der Waals surface area contributed by atoms with E-state index in [-0.39, 0.29) is 17.9 Å². The number of para-hydroxylation sites is 2. The third-order valence-corrected chi connectivity index (χ3v) is 5.94. The number of nitrogens with zero attached hydrogens (tertiary/aromatic N) is 2. The molecule has 2 aromatic rings. The molecule has 7 heteroatoms. The highest BCUT2D eigenvalue weighted by molar-refractivity contribution is 5.99. The molecule has 4 heterocycles. The minimum absolute atomic E-state index is 0.0547. The average molecular weight is 391 g/mol. The van der Waals surface area contributed by atoms with E-state index in [1.165, 1.54) is 0 Å². The Labute approximate surface area is 168 Å². The van der Waals surface area contributed by atoms with Gasteiger partial charge in [-0.05, 0) is 23.8 Å². The van der Waals surface area contributed by atoms with Crippen molar-refractivity contribution < 1.29 is 19.1 Å². The third kappa shape index (κ3) is 2.81. The van der Waals surface area contributed by atoms with Crippen molar-refractivity contribution in [3.63, 3.8) is 0 Å². The van der Waals surface area contributed by atoms with Gasteiger partial charge >= 0.3 is 0 Å². The summed E-state index contributed by atoms with van der Waals surface area (Å²) < 4.78 is 11.5. The van der Waals surface area contributed by atoms with Gasteiger partial charge in [0, 0.05) is 18.9 Å². The zero-order chi connectivity index (χ0) is 20.0. The molecule has 7 nitrogen and oxygen atoms in total. The smallest absolute Gasteiger partial charge is 0.231 e. The summed E-state index contributed by atoms with van der Waals surface area (Å²) in [5.74, 6) is -0.806. The van der Waals surface area contributed by atoms with Gasteiger partial charge in [0.2, 0.25) is 11.8 Å². The van der Waals surface area contributed by atoms with E-state index in [2.05, 4.69) is 10.3 Å². The highest BCUT2D eigenvalue weighted by Crippen LogP contribution is 2.52. The van der Waals surface area contributed by atoms with Crippen LogP contribution in [0.15, 0.2) is 60.9 Å². The van der Waals surface area contributed by atoms with Crippen LogP contribution in [-0.4, -0.2) is 47.1 Å². The number of fused-ring (bicyclic) bond motifs is 1. The topological polar surface area (TPSA) is 80.8 Å². The normalized spacial score (nSPS) is 29.2. The van der Waals surface area contributed by atoms with E-state index in [9.17, 15) is 9.59 Å². The largest absolute Gasteiger partial charge is 0.495 e. The summed E-state index contributed by atoms with van der Waals surface area (Å²) in [7, 11) is 1.56. The number of pyridine rings is 1. The van der Waals surface area contributed by atoms with E-state index in [0.717, 1.165) is 5.56 Å². The van der Waals surface area contributed by atoms with Gasteiger partial charge in [-0.15, -0.1) is 0 Å². The number of aromatic nitrogens is 1. The van der Waals surface area contributed by atoms with E-state index in [1.807, 2.05) is 36.4 Å². The molecule has 2 bridgehead atoms. The number of likely N-dealkylation sites (tertiary alicyclic amines) is 1. The molecule has 2 unspecified atom stereocenters. The van der Waals surface area contributed by atoms with Gasteiger partial charge in [-0.25, -0.2) is 0 Å². The Morgan fingerprint density at radius 3 is 3.00 bits per heavy atom. The van der Waals surface area contributed by atoms with Crippen molar-refractivity contribution in [2.75, 3.05) is 19.0 Å². The predicted octanol–water partition coefficient (Wildman–Crippen LogP) is 2.01. The van der Waals surface area contributed by atoms with Crippen LogP contribution < -0.4 is 10.1 Å². The second-order valence-corrected chi connectivity index (χ2v) is 7.65. The van der Waals surface area contributed by atoms with Gasteiger partial charge in [-0.3, -0.25) is 14.6 Å². The van der Waals surface area contributed by atoms with Crippen LogP contribution in [0, 0.1) is 11.8 Å². The second kappa shape index (κ2) is 6.70. The van der Waals surface area contributed by atoms with Crippen molar-refractivity contribution in [3.8, 4) is 5.75 Å². The number of carbonyl (C=O) groups excluding carboxylic acids is 2. The Hall–Kier alpha value is -3.19. The Morgan fingerprint density at radius 2 is 2.21 bits per heavy atom. The molecule has 1 spiro atoms. The summed E-state index contributed by atoms with van der Waals surface area (Å²) in [6.07, 6.45) is 6.92. The molecule has 5 rings (SSSR count). The number of hydrogen-bond acceptors (Lipinski definition) is 5. The van der Waals surface area contributed by atoms with Crippen molar-refractivity contribution in [1.82, 2.24) is 9.88 Å². The maximum Gasteiger partial charge on any atom is 0.231 e. The fraction of sp³-hybridized carbons (Fsp3) is 0.318. The molecule has 3 aliphatic heterocycles. The molecule has 1 aromatic heterocycles. The standard InChI is InChI=1S/C22H21N3O4/c1-28-16-7-3-2-6-15(16)24-20(26)18-17-8-9-22(29-17)13-25(21(27)19(18)22)12-14-5-4-10-23-11-14/h2-11,17-19H,12-13H2,1H3,(H,24,26)/t17?,18-,19+,22?/m1/s1. The van der Waals surface area contributed by atoms with Crippen molar-refractivity contribution in [1.29, 1.82) is 0 Å². The summed E-state index contributed by atoms with van der Waals surface area (Å²) in [5, 5.41) is 2.92. The maximum absolute atomic E-state index is 13.3. The first-order valence-corrected chi connectivity index (χ1v) is 9.60. The third-order valence-electron chi connectivity index (χ3n) is 5.94. The van der Waals surface area contributed by atoms with Crippen LogP contribution in [0.5, 0.6) is 5.75 Å². The summed E-state index contributed by atoms with van der Waals surface area (Å²) >= 11 is 0. The van der Waals surface area contributed by atoms with Crippen molar-refractivity contribution in [2.45, 2.75) is 18.2 Å². The predicted molar refractivity (Wildman–Crippen MR) is 105 cm³/mol. The summed E-state index contributed by atoms with van der Waals surface area (Å²) in [6, 6.07) is 11.0. The average Bonchev–Trinajstić information content (AvgIpc) is 3.37. The van der Waals surface area contributed by atoms with Crippen LogP contribution in [0.25, 0.3) is 0 Å². The van der Waals surface area contributed by atoms with Crippen LogP contribution in [0.3, 0.4) is 0 Å². The van der Waals surface area contributed by atoms with Gasteiger partial charge in [-0.1, -0.05) is 30.4 Å². The molecule has 29 heavy (non-hydrogen) atoms. The first kappa shape index (κ1) is 17.9. The van der Waals surface area contributed by atoms with Crippen molar-refractivity contribution >= 4 is 17.5 Å². The fourth-order valence-electron chi connectivity index (χ4n) is 4.69. The zero-order valence-electron chi connectivity index (χ0n) is 15.9. The Bertz CT molecular complexity index is 993. The van der Waals surface area contributed by atoms with E-state index < -0.39 is 17.4 Å². The molecule has 0 aliphatic carbocycles. The van der Waals surface area contributed by atoms with Gasteiger partial charge in [0.25, 0.3) is 0 Å². The monoisotopic (exact) mass is 391 g/mol. The second-order valence-electron chi connectivity index (χ2n) is 7.65. The molecule has 3 aliphatic rings. The molecule has 1 aromatic carbocycles. The Balaban J connectivity index is 1.39. The minimum atomic E-state index is -0.729. The lowest BCUT2D eigenvalue weighted by Crippen LogP contribution is -2.41.